The van der Waals surface area contributed by atoms with Crippen molar-refractivity contribution in [3.63, 3.8) is 0 Å². The predicted molar refractivity (Wildman–Crippen MR) is 121 cm³/mol. The molecule has 162 valence electrons. The molecule has 0 bridgehead atoms. The van der Waals surface area contributed by atoms with E-state index in [1.807, 2.05) is 70.2 Å². The minimum atomic E-state index is -0.608. The lowest BCUT2D eigenvalue weighted by Gasteiger charge is -2.31. The van der Waals surface area contributed by atoms with E-state index in [2.05, 4.69) is 5.32 Å². The molecule has 2 atom stereocenters. The van der Waals surface area contributed by atoms with Gasteiger partial charge in [-0.2, -0.15) is 0 Å². The average molecular weight is 431 g/mol. The van der Waals surface area contributed by atoms with Gasteiger partial charge in [-0.15, -0.1) is 0 Å². The predicted octanol–water partition coefficient (Wildman–Crippen LogP) is 4.75. The highest BCUT2D eigenvalue weighted by molar-refractivity contribution is 6.31. The first-order chi connectivity index (χ1) is 14.3. The third-order valence-electron chi connectivity index (χ3n) is 5.04. The van der Waals surface area contributed by atoms with Gasteiger partial charge in [0.2, 0.25) is 5.91 Å². The van der Waals surface area contributed by atoms with E-state index in [1.165, 1.54) is 0 Å². The van der Waals surface area contributed by atoms with E-state index in [0.29, 0.717) is 17.2 Å². The summed E-state index contributed by atoms with van der Waals surface area (Å²) in [6.07, 6.45) is 1.31. The summed E-state index contributed by atoms with van der Waals surface area (Å²) in [7, 11) is 0. The largest absolute Gasteiger partial charge is 0.484 e. The molecule has 0 radical (unpaired) electrons. The number of carbonyl (C=O) groups excluding carboxylic acids is 2. The molecule has 2 aromatic rings. The average Bonchev–Trinajstić information content (AvgIpc) is 2.73. The van der Waals surface area contributed by atoms with Crippen molar-refractivity contribution in [3.8, 4) is 5.75 Å². The van der Waals surface area contributed by atoms with Crippen LogP contribution in [0.15, 0.2) is 48.5 Å². The molecule has 5 nitrogen and oxygen atoms in total. The minimum absolute atomic E-state index is 0.0346. The molecule has 0 saturated carbocycles. The molecule has 0 aliphatic heterocycles. The quantitative estimate of drug-likeness (QED) is 0.591. The fourth-order valence-corrected chi connectivity index (χ4v) is 3.30. The molecule has 0 aromatic heterocycles. The van der Waals surface area contributed by atoms with Crippen LogP contribution in [0.2, 0.25) is 5.02 Å². The molecule has 1 N–H and O–H groups in total. The highest BCUT2D eigenvalue weighted by atomic mass is 35.5. The lowest BCUT2D eigenvalue weighted by atomic mass is 10.1. The first-order valence-corrected chi connectivity index (χ1v) is 10.8. The highest BCUT2D eigenvalue weighted by Gasteiger charge is 2.29. The number of benzene rings is 2. The van der Waals surface area contributed by atoms with Crippen LogP contribution < -0.4 is 10.1 Å². The Kier molecular flexibility index (Phi) is 9.18. The summed E-state index contributed by atoms with van der Waals surface area (Å²) in [6, 6.07) is 14.3. The summed E-state index contributed by atoms with van der Waals surface area (Å²) in [6.45, 7) is 7.91. The summed E-state index contributed by atoms with van der Waals surface area (Å²) < 4.78 is 5.72. The number of rotatable bonds is 10. The third kappa shape index (κ3) is 6.77. The molecule has 2 aromatic carbocycles. The fraction of sp³-hybridized carbons (Fsp3) is 0.417. The molecule has 0 fully saturated rings. The van der Waals surface area contributed by atoms with Crippen molar-refractivity contribution in [1.29, 1.82) is 0 Å². The van der Waals surface area contributed by atoms with Gasteiger partial charge in [0.15, 0.2) is 6.61 Å². The number of ether oxygens (including phenoxy) is 1. The monoisotopic (exact) mass is 430 g/mol. The van der Waals surface area contributed by atoms with Crippen LogP contribution >= 0.6 is 11.6 Å². The number of nitrogens with zero attached hydrogens (tertiary/aromatic N) is 1. The summed E-state index contributed by atoms with van der Waals surface area (Å²) in [5.41, 5.74) is 1.84. The topological polar surface area (TPSA) is 58.6 Å². The van der Waals surface area contributed by atoms with E-state index in [4.69, 9.17) is 16.3 Å². The first-order valence-electron chi connectivity index (χ1n) is 10.4. The van der Waals surface area contributed by atoms with Crippen LogP contribution in [0, 0.1) is 6.92 Å². The minimum Gasteiger partial charge on any atom is -0.484 e. The zero-order chi connectivity index (χ0) is 22.1. The van der Waals surface area contributed by atoms with Crippen molar-refractivity contribution in [3.05, 3.63) is 64.7 Å². The molecule has 2 amide bonds. The number of carbonyl (C=O) groups is 2. The summed E-state index contributed by atoms with van der Waals surface area (Å²) >= 11 is 6.33. The Balaban J connectivity index is 2.23. The smallest absolute Gasteiger partial charge is 0.261 e. The Morgan fingerprint density at radius 2 is 1.83 bits per heavy atom. The second-order valence-corrected chi connectivity index (χ2v) is 7.87. The normalized spacial score (nSPS) is 12.7. The Labute approximate surface area is 184 Å². The lowest BCUT2D eigenvalue weighted by molar-refractivity contribution is -0.143. The van der Waals surface area contributed by atoms with Crippen molar-refractivity contribution >= 4 is 23.4 Å². The van der Waals surface area contributed by atoms with Gasteiger partial charge in [0.25, 0.3) is 5.91 Å². The Morgan fingerprint density at radius 1 is 1.10 bits per heavy atom. The van der Waals surface area contributed by atoms with Crippen LogP contribution in [-0.4, -0.2) is 35.4 Å². The van der Waals surface area contributed by atoms with Gasteiger partial charge in [-0.1, -0.05) is 55.8 Å². The standard InChI is InChI=1S/C24H31ClN2O3/c1-5-18(4)26-24(29)22(6-2)27(15-19-11-7-8-13-21(19)25)23(28)16-30-20-12-9-10-17(3)14-20/h7-14,18,22H,5-6,15-16H2,1-4H3,(H,26,29). The van der Waals surface area contributed by atoms with Crippen LogP contribution in [0.1, 0.15) is 44.7 Å². The molecule has 0 aliphatic carbocycles. The van der Waals surface area contributed by atoms with E-state index in [-0.39, 0.29) is 31.0 Å². The van der Waals surface area contributed by atoms with Gasteiger partial charge in [-0.3, -0.25) is 9.59 Å². The molecular formula is C24H31ClN2O3. The molecule has 0 heterocycles. The van der Waals surface area contributed by atoms with Gasteiger partial charge in [-0.05, 0) is 56.0 Å². The molecule has 6 heteroatoms. The van der Waals surface area contributed by atoms with Crippen molar-refractivity contribution in [2.45, 2.75) is 59.2 Å². The maximum Gasteiger partial charge on any atom is 0.261 e. The zero-order valence-electron chi connectivity index (χ0n) is 18.2. The third-order valence-corrected chi connectivity index (χ3v) is 5.41. The zero-order valence-corrected chi connectivity index (χ0v) is 18.9. The molecule has 2 rings (SSSR count). The van der Waals surface area contributed by atoms with Crippen LogP contribution in [-0.2, 0) is 16.1 Å². The van der Waals surface area contributed by atoms with Gasteiger partial charge in [0.05, 0.1) is 0 Å². The number of hydrogen-bond donors (Lipinski definition) is 1. The van der Waals surface area contributed by atoms with Crippen molar-refractivity contribution < 1.29 is 14.3 Å². The van der Waals surface area contributed by atoms with E-state index in [0.717, 1.165) is 17.5 Å². The lowest BCUT2D eigenvalue weighted by Crippen LogP contribution is -2.51. The molecular weight excluding hydrogens is 400 g/mol. The fourth-order valence-electron chi connectivity index (χ4n) is 3.10. The van der Waals surface area contributed by atoms with Gasteiger partial charge in [0.1, 0.15) is 11.8 Å². The van der Waals surface area contributed by atoms with Crippen LogP contribution in [0.5, 0.6) is 5.75 Å². The maximum absolute atomic E-state index is 13.2. The highest BCUT2D eigenvalue weighted by Crippen LogP contribution is 2.20. The number of amides is 2. The summed E-state index contributed by atoms with van der Waals surface area (Å²) in [5, 5.41) is 3.55. The van der Waals surface area contributed by atoms with Crippen LogP contribution in [0.4, 0.5) is 0 Å². The maximum atomic E-state index is 13.2. The van der Waals surface area contributed by atoms with E-state index in [1.54, 1.807) is 11.0 Å². The van der Waals surface area contributed by atoms with Crippen molar-refractivity contribution in [2.24, 2.45) is 0 Å². The van der Waals surface area contributed by atoms with Crippen LogP contribution in [0.25, 0.3) is 0 Å². The number of halogens is 1. The van der Waals surface area contributed by atoms with E-state index in [9.17, 15) is 9.59 Å². The summed E-state index contributed by atoms with van der Waals surface area (Å²) in [4.78, 5) is 27.6. The molecule has 30 heavy (non-hydrogen) atoms. The van der Waals surface area contributed by atoms with Gasteiger partial charge in [0, 0.05) is 17.6 Å². The Bertz CT molecular complexity index is 856. The van der Waals surface area contributed by atoms with Crippen molar-refractivity contribution in [2.75, 3.05) is 6.61 Å². The second-order valence-electron chi connectivity index (χ2n) is 7.46. The SMILES string of the molecule is CCC(C)NC(=O)C(CC)N(Cc1ccccc1Cl)C(=O)COc1cccc(C)c1. The van der Waals surface area contributed by atoms with Crippen molar-refractivity contribution in [1.82, 2.24) is 10.2 Å². The number of aryl methyl sites for hydroxylation is 1. The molecule has 0 spiro atoms. The summed E-state index contributed by atoms with van der Waals surface area (Å²) in [5.74, 6) is 0.198. The van der Waals surface area contributed by atoms with Gasteiger partial charge in [-0.25, -0.2) is 0 Å². The van der Waals surface area contributed by atoms with Gasteiger partial charge < -0.3 is 15.0 Å². The Morgan fingerprint density at radius 3 is 2.47 bits per heavy atom. The van der Waals surface area contributed by atoms with E-state index >= 15 is 0 Å². The molecule has 0 aliphatic rings. The molecule has 2 unspecified atom stereocenters. The van der Waals surface area contributed by atoms with Crippen LogP contribution in [0.3, 0.4) is 0 Å². The van der Waals surface area contributed by atoms with Gasteiger partial charge >= 0.3 is 0 Å². The molecule has 0 saturated heterocycles. The van der Waals surface area contributed by atoms with E-state index < -0.39 is 6.04 Å². The first kappa shape index (κ1) is 23.7. The number of nitrogens with one attached hydrogen (secondary N) is 1. The number of hydrogen-bond acceptors (Lipinski definition) is 3. The Hall–Kier alpha value is -2.53. The second kappa shape index (κ2) is 11.6.